The molecule has 0 fully saturated rings. The van der Waals surface area contributed by atoms with E-state index in [4.69, 9.17) is 0 Å². The van der Waals surface area contributed by atoms with Gasteiger partial charge in [0.25, 0.3) is 0 Å². The third-order valence-electron chi connectivity index (χ3n) is 2.26. The quantitative estimate of drug-likeness (QED) is 0.512. The number of rotatable bonds is 0. The van der Waals surface area contributed by atoms with Crippen LogP contribution in [0.25, 0.3) is 0 Å². The molecule has 1 heteroatoms. The molecule has 0 aliphatic heterocycles. The normalized spacial score (nSPS) is 9.38. The van der Waals surface area contributed by atoms with Crippen LogP contribution in [0.15, 0.2) is 53.4 Å². The van der Waals surface area contributed by atoms with Crippen LogP contribution in [-0.2, 0) is 0 Å². The lowest BCUT2D eigenvalue weighted by atomic mass is 10.1. The first-order chi connectivity index (χ1) is 7.75. The summed E-state index contributed by atoms with van der Waals surface area (Å²) in [5.74, 6) is 6.27. The highest BCUT2D eigenvalue weighted by Crippen LogP contribution is 2.11. The predicted molar refractivity (Wildman–Crippen MR) is 70.9 cm³/mol. The summed E-state index contributed by atoms with van der Waals surface area (Å²) < 4.78 is 0. The van der Waals surface area contributed by atoms with E-state index in [-0.39, 0.29) is 0 Å². The first-order valence-corrected chi connectivity index (χ1v) is 5.57. The fourth-order valence-electron chi connectivity index (χ4n) is 1.44. The Labute approximate surface area is 102 Å². The van der Waals surface area contributed by atoms with Crippen LogP contribution < -0.4 is 0 Å². The van der Waals surface area contributed by atoms with Gasteiger partial charge in [-0.1, -0.05) is 36.1 Å². The summed E-state index contributed by atoms with van der Waals surface area (Å²) in [6.45, 7) is 2.07. The standard InChI is InChI=1S/C15H12S/c1-12-5-4-6-13(11-12)9-10-14-7-2-3-8-15(14)16/h2-8,11,16H,1H3. The molecule has 0 N–H and O–H groups in total. The molecule has 0 atom stereocenters. The van der Waals surface area contributed by atoms with Crippen molar-refractivity contribution in [2.75, 3.05) is 0 Å². The summed E-state index contributed by atoms with van der Waals surface area (Å²) in [5, 5.41) is 0. The van der Waals surface area contributed by atoms with E-state index in [2.05, 4.69) is 43.5 Å². The van der Waals surface area contributed by atoms with Crippen molar-refractivity contribution < 1.29 is 0 Å². The lowest BCUT2D eigenvalue weighted by molar-refractivity contribution is 1.42. The van der Waals surface area contributed by atoms with Crippen LogP contribution in [0.2, 0.25) is 0 Å². The minimum atomic E-state index is 0.919. The van der Waals surface area contributed by atoms with E-state index in [0.29, 0.717) is 0 Å². The molecular formula is C15H12S. The van der Waals surface area contributed by atoms with Gasteiger partial charge in [-0.05, 0) is 36.8 Å². The highest BCUT2D eigenvalue weighted by atomic mass is 32.1. The van der Waals surface area contributed by atoms with Gasteiger partial charge in [-0.15, -0.1) is 12.6 Å². The number of benzene rings is 2. The highest BCUT2D eigenvalue weighted by molar-refractivity contribution is 7.80. The second kappa shape index (κ2) is 4.92. The molecule has 0 amide bonds. The van der Waals surface area contributed by atoms with E-state index in [0.717, 1.165) is 16.0 Å². The van der Waals surface area contributed by atoms with Crippen LogP contribution >= 0.6 is 12.6 Å². The zero-order valence-electron chi connectivity index (χ0n) is 9.07. The van der Waals surface area contributed by atoms with Crippen LogP contribution in [-0.4, -0.2) is 0 Å². The zero-order valence-corrected chi connectivity index (χ0v) is 9.96. The maximum Gasteiger partial charge on any atom is 0.0382 e. The number of aryl methyl sites for hydroxylation is 1. The summed E-state index contributed by atoms with van der Waals surface area (Å²) in [4.78, 5) is 0.919. The van der Waals surface area contributed by atoms with E-state index in [1.807, 2.05) is 36.4 Å². The second-order valence-electron chi connectivity index (χ2n) is 3.64. The molecule has 2 rings (SSSR count). The highest BCUT2D eigenvalue weighted by Gasteiger charge is 1.92. The number of thiol groups is 1. The SMILES string of the molecule is Cc1cccc(C#Cc2ccccc2S)c1. The molecule has 2 aromatic carbocycles. The smallest absolute Gasteiger partial charge is 0.0382 e. The Kier molecular flexibility index (Phi) is 3.34. The fraction of sp³-hybridized carbons (Fsp3) is 0.0667. The van der Waals surface area contributed by atoms with Crippen molar-refractivity contribution in [3.05, 3.63) is 65.2 Å². The van der Waals surface area contributed by atoms with Crippen molar-refractivity contribution in [2.24, 2.45) is 0 Å². The van der Waals surface area contributed by atoms with Crippen LogP contribution in [0.3, 0.4) is 0 Å². The van der Waals surface area contributed by atoms with Gasteiger partial charge in [0.2, 0.25) is 0 Å². The lowest BCUT2D eigenvalue weighted by Gasteiger charge is -1.95. The van der Waals surface area contributed by atoms with Crippen molar-refractivity contribution in [1.82, 2.24) is 0 Å². The van der Waals surface area contributed by atoms with Crippen LogP contribution in [0.4, 0.5) is 0 Å². The molecule has 2 aromatic rings. The van der Waals surface area contributed by atoms with E-state index in [9.17, 15) is 0 Å². The topological polar surface area (TPSA) is 0 Å². The molecule has 0 aliphatic carbocycles. The summed E-state index contributed by atoms with van der Waals surface area (Å²) in [6, 6.07) is 16.0. The first kappa shape index (κ1) is 10.9. The molecule has 0 radical (unpaired) electrons. The number of hydrogen-bond acceptors (Lipinski definition) is 1. The van der Waals surface area contributed by atoms with Gasteiger partial charge in [0.05, 0.1) is 0 Å². The van der Waals surface area contributed by atoms with E-state index < -0.39 is 0 Å². The Morgan fingerprint density at radius 2 is 1.75 bits per heavy atom. The Morgan fingerprint density at radius 1 is 0.938 bits per heavy atom. The first-order valence-electron chi connectivity index (χ1n) is 5.12. The summed E-state index contributed by atoms with van der Waals surface area (Å²) in [5.41, 5.74) is 3.23. The van der Waals surface area contributed by atoms with Crippen molar-refractivity contribution in [3.8, 4) is 11.8 Å². The molecule has 0 saturated carbocycles. The van der Waals surface area contributed by atoms with E-state index in [1.54, 1.807) is 0 Å². The Hall–Kier alpha value is -1.65. The molecule has 0 aromatic heterocycles. The molecule has 0 nitrogen and oxygen atoms in total. The molecule has 0 unspecified atom stereocenters. The molecule has 0 bridgehead atoms. The fourth-order valence-corrected chi connectivity index (χ4v) is 1.66. The van der Waals surface area contributed by atoms with Gasteiger partial charge >= 0.3 is 0 Å². The van der Waals surface area contributed by atoms with Crippen molar-refractivity contribution >= 4 is 12.6 Å². The monoisotopic (exact) mass is 224 g/mol. The molecule has 16 heavy (non-hydrogen) atoms. The molecule has 0 heterocycles. The second-order valence-corrected chi connectivity index (χ2v) is 4.12. The molecule has 0 spiro atoms. The minimum absolute atomic E-state index is 0.919. The Balaban J connectivity index is 2.32. The van der Waals surface area contributed by atoms with Gasteiger partial charge in [0.15, 0.2) is 0 Å². The van der Waals surface area contributed by atoms with E-state index >= 15 is 0 Å². The molecule has 78 valence electrons. The Morgan fingerprint density at radius 3 is 2.50 bits per heavy atom. The minimum Gasteiger partial charge on any atom is -0.142 e. The van der Waals surface area contributed by atoms with E-state index in [1.165, 1.54) is 5.56 Å². The van der Waals surface area contributed by atoms with Crippen molar-refractivity contribution in [3.63, 3.8) is 0 Å². The third kappa shape index (κ3) is 2.68. The lowest BCUT2D eigenvalue weighted by Crippen LogP contribution is -1.79. The average molecular weight is 224 g/mol. The van der Waals surface area contributed by atoms with Gasteiger partial charge in [-0.25, -0.2) is 0 Å². The zero-order chi connectivity index (χ0) is 11.4. The maximum absolute atomic E-state index is 4.36. The van der Waals surface area contributed by atoms with Gasteiger partial charge in [0, 0.05) is 16.0 Å². The van der Waals surface area contributed by atoms with Gasteiger partial charge in [-0.2, -0.15) is 0 Å². The van der Waals surface area contributed by atoms with Crippen molar-refractivity contribution in [1.29, 1.82) is 0 Å². The summed E-state index contributed by atoms with van der Waals surface area (Å²) in [7, 11) is 0. The predicted octanol–water partition coefficient (Wildman–Crippen LogP) is 3.68. The average Bonchev–Trinajstić information content (AvgIpc) is 2.28. The third-order valence-corrected chi connectivity index (χ3v) is 2.65. The van der Waals surface area contributed by atoms with Crippen LogP contribution in [0.1, 0.15) is 16.7 Å². The summed E-state index contributed by atoms with van der Waals surface area (Å²) in [6.07, 6.45) is 0. The molecule has 0 saturated heterocycles. The number of hydrogen-bond donors (Lipinski definition) is 1. The Bertz CT molecular complexity index is 559. The van der Waals surface area contributed by atoms with Gasteiger partial charge in [0.1, 0.15) is 0 Å². The van der Waals surface area contributed by atoms with Crippen LogP contribution in [0, 0.1) is 18.8 Å². The maximum atomic E-state index is 4.36. The van der Waals surface area contributed by atoms with Crippen molar-refractivity contribution in [2.45, 2.75) is 11.8 Å². The van der Waals surface area contributed by atoms with Gasteiger partial charge in [-0.3, -0.25) is 0 Å². The van der Waals surface area contributed by atoms with Gasteiger partial charge < -0.3 is 0 Å². The van der Waals surface area contributed by atoms with Crippen LogP contribution in [0.5, 0.6) is 0 Å². The molecule has 0 aliphatic rings. The molecular weight excluding hydrogens is 212 g/mol. The summed E-state index contributed by atoms with van der Waals surface area (Å²) >= 11 is 4.36. The largest absolute Gasteiger partial charge is 0.142 e.